The molecule has 5 nitrogen and oxygen atoms in total. The molecule has 0 radical (unpaired) electrons. The number of nitrogens with one attached hydrogen (secondary N) is 1. The van der Waals surface area contributed by atoms with Crippen molar-refractivity contribution in [2.75, 3.05) is 6.54 Å². The highest BCUT2D eigenvalue weighted by molar-refractivity contribution is 5.75. The van der Waals surface area contributed by atoms with Crippen LogP contribution in [0.1, 0.15) is 74.9 Å². The van der Waals surface area contributed by atoms with E-state index in [9.17, 15) is 4.79 Å². The molecule has 1 atom stereocenters. The number of urea groups is 1. The van der Waals surface area contributed by atoms with E-state index in [4.69, 9.17) is 4.52 Å². The number of hydrogen-bond donors (Lipinski definition) is 1. The Kier molecular flexibility index (Phi) is 4.69. The van der Waals surface area contributed by atoms with Crippen molar-refractivity contribution < 1.29 is 9.32 Å². The van der Waals surface area contributed by atoms with Gasteiger partial charge < -0.3 is 14.7 Å². The Labute approximate surface area is 132 Å². The summed E-state index contributed by atoms with van der Waals surface area (Å²) in [6.07, 6.45) is 8.90. The van der Waals surface area contributed by atoms with Gasteiger partial charge in [-0.2, -0.15) is 0 Å². The molecule has 3 rings (SSSR count). The first kappa shape index (κ1) is 15.4. The molecule has 1 aromatic heterocycles. The maximum atomic E-state index is 12.7. The molecule has 122 valence electrons. The van der Waals surface area contributed by atoms with E-state index in [1.165, 1.54) is 19.3 Å². The van der Waals surface area contributed by atoms with Crippen LogP contribution < -0.4 is 5.32 Å². The quantitative estimate of drug-likeness (QED) is 0.925. The minimum atomic E-state index is 0.0945. The SMILES string of the molecule is CCc1onc(C)c1C1CCCN1C(=O)NC1CCCCC1. The van der Waals surface area contributed by atoms with Gasteiger partial charge in [0.25, 0.3) is 0 Å². The monoisotopic (exact) mass is 305 g/mol. The molecule has 5 heteroatoms. The van der Waals surface area contributed by atoms with Crippen LogP contribution in [-0.4, -0.2) is 28.7 Å². The van der Waals surface area contributed by atoms with Gasteiger partial charge in [0.1, 0.15) is 5.76 Å². The van der Waals surface area contributed by atoms with Gasteiger partial charge in [-0.15, -0.1) is 0 Å². The van der Waals surface area contributed by atoms with Crippen molar-refractivity contribution in [1.82, 2.24) is 15.4 Å². The van der Waals surface area contributed by atoms with Gasteiger partial charge in [0.05, 0.1) is 11.7 Å². The second kappa shape index (κ2) is 6.71. The molecule has 1 unspecified atom stereocenters. The molecule has 1 saturated heterocycles. The number of nitrogens with zero attached hydrogens (tertiary/aromatic N) is 2. The lowest BCUT2D eigenvalue weighted by atomic mass is 9.95. The zero-order chi connectivity index (χ0) is 15.5. The van der Waals surface area contributed by atoms with Crippen molar-refractivity contribution in [3.63, 3.8) is 0 Å². The molecule has 1 aliphatic heterocycles. The Morgan fingerprint density at radius 1 is 1.27 bits per heavy atom. The minimum absolute atomic E-state index is 0.0945. The molecule has 0 spiro atoms. The largest absolute Gasteiger partial charge is 0.361 e. The third kappa shape index (κ3) is 2.99. The summed E-state index contributed by atoms with van der Waals surface area (Å²) in [6, 6.07) is 0.582. The highest BCUT2D eigenvalue weighted by Crippen LogP contribution is 2.36. The second-order valence-corrected chi connectivity index (χ2v) is 6.59. The van der Waals surface area contributed by atoms with Crippen molar-refractivity contribution in [2.24, 2.45) is 0 Å². The summed E-state index contributed by atoms with van der Waals surface area (Å²) in [6.45, 7) is 4.88. The van der Waals surface area contributed by atoms with Crippen LogP contribution in [0.4, 0.5) is 4.79 Å². The van der Waals surface area contributed by atoms with Crippen LogP contribution in [0.15, 0.2) is 4.52 Å². The predicted octanol–water partition coefficient (Wildman–Crippen LogP) is 3.72. The minimum Gasteiger partial charge on any atom is -0.361 e. The van der Waals surface area contributed by atoms with Crippen molar-refractivity contribution in [2.45, 2.75) is 77.3 Å². The molecule has 1 saturated carbocycles. The number of amides is 2. The normalized spacial score (nSPS) is 23.0. The fourth-order valence-electron chi connectivity index (χ4n) is 3.92. The van der Waals surface area contributed by atoms with E-state index in [0.717, 1.165) is 55.7 Å². The summed E-state index contributed by atoms with van der Waals surface area (Å²) in [7, 11) is 0. The summed E-state index contributed by atoms with van der Waals surface area (Å²) < 4.78 is 5.43. The highest BCUT2D eigenvalue weighted by atomic mass is 16.5. The van der Waals surface area contributed by atoms with Crippen LogP contribution >= 0.6 is 0 Å². The zero-order valence-corrected chi connectivity index (χ0v) is 13.7. The fourth-order valence-corrected chi connectivity index (χ4v) is 3.92. The van der Waals surface area contributed by atoms with Crippen LogP contribution in [0.3, 0.4) is 0 Å². The smallest absolute Gasteiger partial charge is 0.318 e. The van der Waals surface area contributed by atoms with Crippen molar-refractivity contribution >= 4 is 6.03 Å². The van der Waals surface area contributed by atoms with E-state index in [1.807, 2.05) is 11.8 Å². The van der Waals surface area contributed by atoms with Gasteiger partial charge in [-0.3, -0.25) is 0 Å². The van der Waals surface area contributed by atoms with Gasteiger partial charge in [-0.25, -0.2) is 4.79 Å². The van der Waals surface area contributed by atoms with Crippen LogP contribution in [0.2, 0.25) is 0 Å². The molecule has 22 heavy (non-hydrogen) atoms. The third-order valence-electron chi connectivity index (χ3n) is 5.08. The Morgan fingerprint density at radius 2 is 2.05 bits per heavy atom. The van der Waals surface area contributed by atoms with E-state index in [0.29, 0.717) is 6.04 Å². The lowest BCUT2D eigenvalue weighted by Gasteiger charge is -2.29. The van der Waals surface area contributed by atoms with Gasteiger partial charge in [0, 0.05) is 24.6 Å². The van der Waals surface area contributed by atoms with E-state index in [1.54, 1.807) is 0 Å². The molecule has 1 aliphatic carbocycles. The molecule has 0 aromatic carbocycles. The second-order valence-electron chi connectivity index (χ2n) is 6.59. The lowest BCUT2D eigenvalue weighted by Crippen LogP contribution is -2.45. The molecule has 1 N–H and O–H groups in total. The number of aromatic nitrogens is 1. The molecule has 2 heterocycles. The highest BCUT2D eigenvalue weighted by Gasteiger charge is 2.35. The summed E-state index contributed by atoms with van der Waals surface area (Å²) in [5.74, 6) is 0.930. The van der Waals surface area contributed by atoms with Gasteiger partial charge in [-0.1, -0.05) is 31.3 Å². The molecular formula is C17H27N3O2. The first-order chi connectivity index (χ1) is 10.7. The van der Waals surface area contributed by atoms with Crippen molar-refractivity contribution in [1.29, 1.82) is 0 Å². The molecule has 2 amide bonds. The summed E-state index contributed by atoms with van der Waals surface area (Å²) >= 11 is 0. The summed E-state index contributed by atoms with van der Waals surface area (Å²) in [5, 5.41) is 7.35. The number of aryl methyl sites for hydroxylation is 2. The maximum Gasteiger partial charge on any atom is 0.318 e. The number of likely N-dealkylation sites (tertiary alicyclic amines) is 1. The van der Waals surface area contributed by atoms with Gasteiger partial charge in [0.15, 0.2) is 0 Å². The van der Waals surface area contributed by atoms with Crippen LogP contribution in [-0.2, 0) is 6.42 Å². The number of carbonyl (C=O) groups is 1. The van der Waals surface area contributed by atoms with Crippen LogP contribution in [0.5, 0.6) is 0 Å². The Morgan fingerprint density at radius 3 is 2.77 bits per heavy atom. The van der Waals surface area contributed by atoms with Gasteiger partial charge in [-0.05, 0) is 32.6 Å². The van der Waals surface area contributed by atoms with Gasteiger partial charge >= 0.3 is 6.03 Å². The predicted molar refractivity (Wildman–Crippen MR) is 84.7 cm³/mol. The first-order valence-corrected chi connectivity index (χ1v) is 8.73. The zero-order valence-electron chi connectivity index (χ0n) is 13.7. The molecular weight excluding hydrogens is 278 g/mol. The number of rotatable bonds is 3. The average molecular weight is 305 g/mol. The van der Waals surface area contributed by atoms with E-state index in [2.05, 4.69) is 17.4 Å². The molecule has 2 fully saturated rings. The number of carbonyl (C=O) groups excluding carboxylic acids is 1. The lowest BCUT2D eigenvalue weighted by molar-refractivity contribution is 0.184. The third-order valence-corrected chi connectivity index (χ3v) is 5.08. The molecule has 1 aromatic rings. The van der Waals surface area contributed by atoms with E-state index in [-0.39, 0.29) is 12.1 Å². The Bertz CT molecular complexity index is 520. The van der Waals surface area contributed by atoms with E-state index >= 15 is 0 Å². The summed E-state index contributed by atoms with van der Waals surface area (Å²) in [4.78, 5) is 14.7. The summed E-state index contributed by atoms with van der Waals surface area (Å²) in [5.41, 5.74) is 2.07. The first-order valence-electron chi connectivity index (χ1n) is 8.73. The number of hydrogen-bond acceptors (Lipinski definition) is 3. The van der Waals surface area contributed by atoms with Crippen LogP contribution in [0, 0.1) is 6.92 Å². The van der Waals surface area contributed by atoms with E-state index < -0.39 is 0 Å². The Balaban J connectivity index is 1.72. The average Bonchev–Trinajstić information content (AvgIpc) is 3.14. The van der Waals surface area contributed by atoms with Gasteiger partial charge in [0.2, 0.25) is 0 Å². The Hall–Kier alpha value is -1.52. The fraction of sp³-hybridized carbons (Fsp3) is 0.765. The standard InChI is InChI=1S/C17H27N3O2/c1-3-15-16(12(2)19-22-15)14-10-7-11-20(14)17(21)18-13-8-5-4-6-9-13/h13-14H,3-11H2,1-2H3,(H,18,21). The molecule has 2 aliphatic rings. The van der Waals surface area contributed by atoms with Crippen molar-refractivity contribution in [3.8, 4) is 0 Å². The topological polar surface area (TPSA) is 58.4 Å². The maximum absolute atomic E-state index is 12.7. The molecule has 0 bridgehead atoms. The van der Waals surface area contributed by atoms with Crippen LogP contribution in [0.25, 0.3) is 0 Å². The van der Waals surface area contributed by atoms with Crippen molar-refractivity contribution in [3.05, 3.63) is 17.0 Å².